The summed E-state index contributed by atoms with van der Waals surface area (Å²) in [6.07, 6.45) is 0. The van der Waals surface area contributed by atoms with Crippen molar-refractivity contribution in [1.29, 1.82) is 0 Å². The van der Waals surface area contributed by atoms with Crippen molar-refractivity contribution in [1.82, 2.24) is 5.48 Å². The van der Waals surface area contributed by atoms with Crippen molar-refractivity contribution in [3.8, 4) is 0 Å². The van der Waals surface area contributed by atoms with Crippen LogP contribution in [-0.2, 0) is 16.2 Å². The van der Waals surface area contributed by atoms with Crippen LogP contribution in [0.1, 0.15) is 5.56 Å². The summed E-state index contributed by atoms with van der Waals surface area (Å²) < 4.78 is 0. The molecule has 2 aromatic rings. The highest BCUT2D eigenvalue weighted by Gasteiger charge is 2.02. The van der Waals surface area contributed by atoms with E-state index in [4.69, 9.17) is 16.4 Å². The quantitative estimate of drug-likeness (QED) is 0.635. The summed E-state index contributed by atoms with van der Waals surface area (Å²) in [6, 6.07) is 16.6. The molecule has 104 valence electrons. The smallest absolute Gasteiger partial charge is 0.240 e. The van der Waals surface area contributed by atoms with E-state index in [-0.39, 0.29) is 12.5 Å². The number of halogens is 1. The van der Waals surface area contributed by atoms with Crippen molar-refractivity contribution in [2.45, 2.75) is 6.61 Å². The van der Waals surface area contributed by atoms with E-state index in [1.54, 1.807) is 24.3 Å². The Balaban J connectivity index is 1.66. The van der Waals surface area contributed by atoms with Crippen LogP contribution in [0.15, 0.2) is 54.6 Å². The Morgan fingerprint density at radius 1 is 1.05 bits per heavy atom. The van der Waals surface area contributed by atoms with E-state index in [9.17, 15) is 4.79 Å². The second-order valence-corrected chi connectivity index (χ2v) is 4.59. The van der Waals surface area contributed by atoms with Crippen LogP contribution >= 0.6 is 11.6 Å². The van der Waals surface area contributed by atoms with Crippen molar-refractivity contribution in [3.05, 3.63) is 65.2 Å². The van der Waals surface area contributed by atoms with E-state index >= 15 is 0 Å². The van der Waals surface area contributed by atoms with Gasteiger partial charge in [0.05, 0.1) is 6.61 Å². The maximum absolute atomic E-state index is 11.6. The molecule has 2 aromatic carbocycles. The van der Waals surface area contributed by atoms with E-state index in [2.05, 4.69) is 10.8 Å². The van der Waals surface area contributed by atoms with Gasteiger partial charge in [-0.25, -0.2) is 0 Å². The molecule has 20 heavy (non-hydrogen) atoms. The predicted molar refractivity (Wildman–Crippen MR) is 79.3 cm³/mol. The van der Waals surface area contributed by atoms with Gasteiger partial charge < -0.3 is 5.32 Å². The van der Waals surface area contributed by atoms with Crippen molar-refractivity contribution in [2.24, 2.45) is 0 Å². The third-order valence-corrected chi connectivity index (χ3v) is 2.80. The van der Waals surface area contributed by atoms with Crippen LogP contribution < -0.4 is 10.8 Å². The minimum atomic E-state index is -0.180. The average molecular weight is 291 g/mol. The van der Waals surface area contributed by atoms with Gasteiger partial charge in [-0.3, -0.25) is 9.63 Å². The molecule has 2 N–H and O–H groups in total. The Bertz CT molecular complexity index is 544. The standard InChI is InChI=1S/C15H15ClN2O2/c16-13-6-8-14(9-7-13)18-15(19)10-17-20-11-12-4-2-1-3-5-12/h1-9,17H,10-11H2,(H,18,19). The molecule has 0 fully saturated rings. The molecule has 0 saturated heterocycles. The van der Waals surface area contributed by atoms with Gasteiger partial charge in [-0.1, -0.05) is 41.9 Å². The van der Waals surface area contributed by atoms with E-state index < -0.39 is 0 Å². The minimum absolute atomic E-state index is 0.0788. The maximum atomic E-state index is 11.6. The second-order valence-electron chi connectivity index (χ2n) is 4.15. The largest absolute Gasteiger partial charge is 0.325 e. The van der Waals surface area contributed by atoms with Gasteiger partial charge in [-0.2, -0.15) is 5.48 Å². The van der Waals surface area contributed by atoms with E-state index in [1.165, 1.54) is 0 Å². The topological polar surface area (TPSA) is 50.4 Å². The lowest BCUT2D eigenvalue weighted by Gasteiger charge is -2.07. The van der Waals surface area contributed by atoms with Crippen LogP contribution in [0.5, 0.6) is 0 Å². The summed E-state index contributed by atoms with van der Waals surface area (Å²) in [5.74, 6) is -0.180. The van der Waals surface area contributed by atoms with Crippen molar-refractivity contribution < 1.29 is 9.63 Å². The average Bonchev–Trinajstić information content (AvgIpc) is 2.47. The number of hydrogen-bond acceptors (Lipinski definition) is 3. The number of anilines is 1. The first-order chi connectivity index (χ1) is 9.74. The number of carbonyl (C=O) groups excluding carboxylic acids is 1. The molecule has 4 nitrogen and oxygen atoms in total. The molecular formula is C15H15ClN2O2. The van der Waals surface area contributed by atoms with Crippen LogP contribution in [0, 0.1) is 0 Å². The van der Waals surface area contributed by atoms with Crippen LogP contribution in [0.25, 0.3) is 0 Å². The Labute approximate surface area is 122 Å². The number of hydrogen-bond donors (Lipinski definition) is 2. The number of carbonyl (C=O) groups is 1. The number of hydroxylamine groups is 1. The molecular weight excluding hydrogens is 276 g/mol. The fraction of sp³-hybridized carbons (Fsp3) is 0.133. The van der Waals surface area contributed by atoms with Crippen molar-refractivity contribution in [2.75, 3.05) is 11.9 Å². The van der Waals surface area contributed by atoms with Crippen LogP contribution in [0.3, 0.4) is 0 Å². The van der Waals surface area contributed by atoms with Gasteiger partial charge >= 0.3 is 0 Å². The molecule has 0 bridgehead atoms. The van der Waals surface area contributed by atoms with Gasteiger partial charge in [0.25, 0.3) is 0 Å². The molecule has 0 heterocycles. The number of amides is 1. The zero-order valence-electron chi connectivity index (χ0n) is 10.8. The monoisotopic (exact) mass is 290 g/mol. The molecule has 1 amide bonds. The van der Waals surface area contributed by atoms with E-state index in [0.29, 0.717) is 17.3 Å². The first-order valence-corrected chi connectivity index (χ1v) is 6.56. The Hall–Kier alpha value is -1.88. The molecule has 2 rings (SSSR count). The molecule has 0 aliphatic heterocycles. The molecule has 0 aromatic heterocycles. The third kappa shape index (κ3) is 5.01. The summed E-state index contributed by atoms with van der Waals surface area (Å²) in [5, 5.41) is 3.36. The van der Waals surface area contributed by atoms with Gasteiger partial charge in [0, 0.05) is 10.7 Å². The molecule has 5 heteroatoms. The molecule has 0 radical (unpaired) electrons. The zero-order valence-corrected chi connectivity index (χ0v) is 11.6. The second kappa shape index (κ2) is 7.65. The highest BCUT2D eigenvalue weighted by molar-refractivity contribution is 6.30. The van der Waals surface area contributed by atoms with Gasteiger partial charge in [0.2, 0.25) is 5.91 Å². The van der Waals surface area contributed by atoms with Crippen LogP contribution in [0.2, 0.25) is 5.02 Å². The van der Waals surface area contributed by atoms with Crippen LogP contribution in [0.4, 0.5) is 5.69 Å². The number of nitrogens with one attached hydrogen (secondary N) is 2. The summed E-state index contributed by atoms with van der Waals surface area (Å²) in [5.41, 5.74) is 4.37. The van der Waals surface area contributed by atoms with Gasteiger partial charge in [0.15, 0.2) is 0 Å². The highest BCUT2D eigenvalue weighted by atomic mass is 35.5. The van der Waals surface area contributed by atoms with E-state index in [1.807, 2.05) is 30.3 Å². The van der Waals surface area contributed by atoms with Gasteiger partial charge in [0.1, 0.15) is 6.54 Å². The fourth-order valence-electron chi connectivity index (χ4n) is 1.56. The predicted octanol–water partition coefficient (Wildman–Crippen LogP) is 3.00. The SMILES string of the molecule is O=C(CNOCc1ccccc1)Nc1ccc(Cl)cc1. The molecule has 0 aliphatic carbocycles. The van der Waals surface area contributed by atoms with E-state index in [0.717, 1.165) is 5.56 Å². The van der Waals surface area contributed by atoms with Crippen LogP contribution in [-0.4, -0.2) is 12.5 Å². The number of benzene rings is 2. The summed E-state index contributed by atoms with van der Waals surface area (Å²) in [7, 11) is 0. The summed E-state index contributed by atoms with van der Waals surface area (Å²) >= 11 is 5.76. The van der Waals surface area contributed by atoms with Gasteiger partial charge in [-0.15, -0.1) is 0 Å². The summed E-state index contributed by atoms with van der Waals surface area (Å²) in [4.78, 5) is 16.8. The Morgan fingerprint density at radius 2 is 1.75 bits per heavy atom. The highest BCUT2D eigenvalue weighted by Crippen LogP contribution is 2.12. The van der Waals surface area contributed by atoms with Crippen molar-refractivity contribution in [3.63, 3.8) is 0 Å². The zero-order chi connectivity index (χ0) is 14.2. The lowest BCUT2D eigenvalue weighted by atomic mass is 10.2. The summed E-state index contributed by atoms with van der Waals surface area (Å²) in [6.45, 7) is 0.491. The minimum Gasteiger partial charge on any atom is -0.325 e. The van der Waals surface area contributed by atoms with Gasteiger partial charge in [-0.05, 0) is 29.8 Å². The molecule has 0 unspecified atom stereocenters. The molecule has 0 saturated carbocycles. The fourth-order valence-corrected chi connectivity index (χ4v) is 1.69. The normalized spacial score (nSPS) is 10.2. The molecule has 0 atom stereocenters. The Kier molecular flexibility index (Phi) is 5.55. The molecule has 0 aliphatic rings. The molecule has 0 spiro atoms. The maximum Gasteiger partial charge on any atom is 0.240 e. The lowest BCUT2D eigenvalue weighted by molar-refractivity contribution is -0.118. The first-order valence-electron chi connectivity index (χ1n) is 6.18. The van der Waals surface area contributed by atoms with Crippen molar-refractivity contribution >= 4 is 23.2 Å². The lowest BCUT2D eigenvalue weighted by Crippen LogP contribution is -2.28. The first kappa shape index (κ1) is 14.5. The Morgan fingerprint density at radius 3 is 2.45 bits per heavy atom. The number of rotatable bonds is 6. The third-order valence-electron chi connectivity index (χ3n) is 2.54.